The van der Waals surface area contributed by atoms with Gasteiger partial charge in [0, 0.05) is 0 Å². The van der Waals surface area contributed by atoms with Crippen LogP contribution in [0.1, 0.15) is 6.42 Å². The summed E-state index contributed by atoms with van der Waals surface area (Å²) in [4.78, 5) is 3.95. The third-order valence-electron chi connectivity index (χ3n) is 1.88. The highest BCUT2D eigenvalue weighted by Gasteiger charge is 1.95. The molecule has 0 bridgehead atoms. The van der Waals surface area contributed by atoms with Crippen molar-refractivity contribution in [2.75, 3.05) is 0 Å². The van der Waals surface area contributed by atoms with Gasteiger partial charge in [-0.15, -0.1) is 0 Å². The molecule has 0 aromatic rings. The van der Waals surface area contributed by atoms with Gasteiger partial charge in [0.1, 0.15) is 0 Å². The maximum Gasteiger partial charge on any atom is 0.191 e. The van der Waals surface area contributed by atoms with Gasteiger partial charge in [0.05, 0.1) is 12.0 Å². The van der Waals surface area contributed by atoms with Gasteiger partial charge < -0.3 is 16.6 Å². The van der Waals surface area contributed by atoms with Crippen LogP contribution in [0.3, 0.4) is 0 Å². The molecule has 0 unspecified atom stereocenters. The largest absolute Gasteiger partial charge is 0.516 e. The lowest BCUT2D eigenvalue weighted by Crippen LogP contribution is -2.22. The Kier molecular flexibility index (Phi) is 4.66. The standard InChI is InChI=1S/C12H15N3O/c13-12(14)15-11-6-3-5-10(7-8-11)4-1-2-9-16/h1-4,6-9,16H,5H2,(H4,13,14,15)/b4-1+,9-2-. The first-order chi connectivity index (χ1) is 7.72. The molecule has 0 aliphatic heterocycles. The predicted molar refractivity (Wildman–Crippen MR) is 66.6 cm³/mol. The summed E-state index contributed by atoms with van der Waals surface area (Å²) < 4.78 is 0. The van der Waals surface area contributed by atoms with Crippen molar-refractivity contribution in [1.29, 1.82) is 0 Å². The Morgan fingerprint density at radius 1 is 1.31 bits per heavy atom. The summed E-state index contributed by atoms with van der Waals surface area (Å²) in [6.07, 6.45) is 14.6. The molecule has 4 nitrogen and oxygen atoms in total. The highest BCUT2D eigenvalue weighted by atomic mass is 16.2. The molecule has 0 fully saturated rings. The molecule has 5 N–H and O–H groups in total. The lowest BCUT2D eigenvalue weighted by Gasteiger charge is -1.91. The summed E-state index contributed by atoms with van der Waals surface area (Å²) >= 11 is 0. The number of hydrogen-bond acceptors (Lipinski definition) is 2. The van der Waals surface area contributed by atoms with Gasteiger partial charge in [0.2, 0.25) is 0 Å². The van der Waals surface area contributed by atoms with Crippen LogP contribution in [0.15, 0.2) is 65.1 Å². The lowest BCUT2D eigenvalue weighted by molar-refractivity contribution is 0.474. The quantitative estimate of drug-likeness (QED) is 0.291. The maximum atomic E-state index is 8.47. The third-order valence-corrected chi connectivity index (χ3v) is 1.88. The maximum absolute atomic E-state index is 8.47. The number of nitrogens with two attached hydrogens (primary N) is 2. The van der Waals surface area contributed by atoms with E-state index >= 15 is 0 Å². The number of guanidine groups is 1. The molecular formula is C12H15N3O. The molecule has 0 saturated heterocycles. The minimum atomic E-state index is 0.0477. The van der Waals surface area contributed by atoms with E-state index in [0.717, 1.165) is 24.0 Å². The van der Waals surface area contributed by atoms with Crippen LogP contribution < -0.4 is 11.5 Å². The van der Waals surface area contributed by atoms with Crippen molar-refractivity contribution < 1.29 is 5.11 Å². The van der Waals surface area contributed by atoms with E-state index in [2.05, 4.69) is 4.99 Å². The first-order valence-electron chi connectivity index (χ1n) is 4.87. The number of aliphatic hydroxyl groups excluding tert-OH is 1. The zero-order chi connectivity index (χ0) is 11.8. The molecule has 0 amide bonds. The van der Waals surface area contributed by atoms with E-state index in [9.17, 15) is 0 Å². The van der Waals surface area contributed by atoms with E-state index in [0.29, 0.717) is 0 Å². The van der Waals surface area contributed by atoms with Gasteiger partial charge in [-0.25, -0.2) is 4.99 Å². The summed E-state index contributed by atoms with van der Waals surface area (Å²) in [5.41, 5.74) is 12.4. The second-order valence-electron chi connectivity index (χ2n) is 3.18. The van der Waals surface area contributed by atoms with E-state index in [1.54, 1.807) is 12.2 Å². The molecule has 1 aliphatic rings. The van der Waals surface area contributed by atoms with Gasteiger partial charge in [-0.1, -0.05) is 24.3 Å². The molecule has 0 saturated carbocycles. The fraction of sp³-hybridized carbons (Fsp3) is 0.0833. The van der Waals surface area contributed by atoms with E-state index in [4.69, 9.17) is 16.6 Å². The van der Waals surface area contributed by atoms with E-state index in [1.165, 1.54) is 0 Å². The van der Waals surface area contributed by atoms with Crippen molar-refractivity contribution in [3.8, 4) is 0 Å². The SMILES string of the molecule is NC(N)=NC1=CC=C(/C=C/C=C\O)CC=C1. The number of aliphatic hydroxyl groups is 1. The number of rotatable bonds is 3. The average Bonchev–Trinajstić information content (AvgIpc) is 2.44. The van der Waals surface area contributed by atoms with Crippen molar-refractivity contribution in [3.63, 3.8) is 0 Å². The topological polar surface area (TPSA) is 84.6 Å². The van der Waals surface area contributed by atoms with Gasteiger partial charge >= 0.3 is 0 Å². The molecular weight excluding hydrogens is 202 g/mol. The van der Waals surface area contributed by atoms with Crippen molar-refractivity contribution >= 4 is 5.96 Å². The zero-order valence-electron chi connectivity index (χ0n) is 8.88. The van der Waals surface area contributed by atoms with E-state index < -0.39 is 0 Å². The molecule has 1 aliphatic carbocycles. The summed E-state index contributed by atoms with van der Waals surface area (Å²) in [6.45, 7) is 0. The molecule has 4 heteroatoms. The Bertz CT molecular complexity index is 408. The summed E-state index contributed by atoms with van der Waals surface area (Å²) in [6, 6.07) is 0. The fourth-order valence-electron chi connectivity index (χ4n) is 1.21. The average molecular weight is 217 g/mol. The first-order valence-corrected chi connectivity index (χ1v) is 4.87. The van der Waals surface area contributed by atoms with Crippen molar-refractivity contribution in [1.82, 2.24) is 0 Å². The lowest BCUT2D eigenvalue weighted by atomic mass is 10.1. The Morgan fingerprint density at radius 2 is 2.12 bits per heavy atom. The normalized spacial score (nSPS) is 16.0. The summed E-state index contributed by atoms with van der Waals surface area (Å²) in [7, 11) is 0. The van der Waals surface area contributed by atoms with E-state index in [-0.39, 0.29) is 5.96 Å². The Morgan fingerprint density at radius 3 is 2.81 bits per heavy atom. The minimum absolute atomic E-state index is 0.0477. The number of hydrogen-bond donors (Lipinski definition) is 3. The van der Waals surface area contributed by atoms with Crippen LogP contribution in [-0.4, -0.2) is 11.1 Å². The van der Waals surface area contributed by atoms with Crippen molar-refractivity contribution in [3.05, 3.63) is 60.1 Å². The van der Waals surface area contributed by atoms with Crippen molar-refractivity contribution in [2.45, 2.75) is 6.42 Å². The second kappa shape index (κ2) is 6.29. The molecule has 0 heterocycles. The second-order valence-corrected chi connectivity index (χ2v) is 3.18. The van der Waals surface area contributed by atoms with Crippen LogP contribution in [0.5, 0.6) is 0 Å². The van der Waals surface area contributed by atoms with Gasteiger partial charge in [-0.3, -0.25) is 0 Å². The van der Waals surface area contributed by atoms with Crippen LogP contribution in [0, 0.1) is 0 Å². The number of allylic oxidation sites excluding steroid dienone is 8. The molecule has 0 aromatic carbocycles. The Labute approximate surface area is 94.7 Å². The number of nitrogens with zero attached hydrogens (tertiary/aromatic N) is 1. The summed E-state index contributed by atoms with van der Waals surface area (Å²) in [5, 5.41) is 8.47. The molecule has 16 heavy (non-hydrogen) atoms. The van der Waals surface area contributed by atoms with Crippen LogP contribution in [0.25, 0.3) is 0 Å². The van der Waals surface area contributed by atoms with Crippen LogP contribution in [-0.2, 0) is 0 Å². The number of aliphatic imine (C=N–C) groups is 1. The van der Waals surface area contributed by atoms with Crippen LogP contribution >= 0.6 is 0 Å². The summed E-state index contributed by atoms with van der Waals surface area (Å²) in [5.74, 6) is 0.0477. The molecule has 0 atom stereocenters. The molecule has 0 radical (unpaired) electrons. The monoisotopic (exact) mass is 217 g/mol. The smallest absolute Gasteiger partial charge is 0.191 e. The van der Waals surface area contributed by atoms with Gasteiger partial charge in [-0.2, -0.15) is 0 Å². The highest BCUT2D eigenvalue weighted by Crippen LogP contribution is 2.13. The molecule has 84 valence electrons. The first kappa shape index (κ1) is 11.8. The van der Waals surface area contributed by atoms with Crippen LogP contribution in [0.2, 0.25) is 0 Å². The minimum Gasteiger partial charge on any atom is -0.516 e. The highest BCUT2D eigenvalue weighted by molar-refractivity contribution is 5.77. The Hall–Kier alpha value is -2.23. The predicted octanol–water partition coefficient (Wildman–Crippen LogP) is 1.66. The third kappa shape index (κ3) is 4.32. The molecule has 0 spiro atoms. The van der Waals surface area contributed by atoms with E-state index in [1.807, 2.05) is 30.4 Å². The van der Waals surface area contributed by atoms with Crippen LogP contribution in [0.4, 0.5) is 0 Å². The van der Waals surface area contributed by atoms with Gasteiger partial charge in [-0.05, 0) is 30.2 Å². The molecule has 0 aromatic heterocycles. The zero-order valence-corrected chi connectivity index (χ0v) is 8.88. The van der Waals surface area contributed by atoms with Gasteiger partial charge in [0.25, 0.3) is 0 Å². The van der Waals surface area contributed by atoms with Gasteiger partial charge in [0.15, 0.2) is 5.96 Å². The Balaban J connectivity index is 2.79. The fourth-order valence-corrected chi connectivity index (χ4v) is 1.21. The van der Waals surface area contributed by atoms with Crippen molar-refractivity contribution in [2.24, 2.45) is 16.5 Å². The molecule has 1 rings (SSSR count).